The summed E-state index contributed by atoms with van der Waals surface area (Å²) < 4.78 is 40.2. The molecule has 3 aliphatic rings. The molecular formula is C19H20ClF3N6O3. The molecule has 3 N–H and O–H groups in total. The zero-order chi connectivity index (χ0) is 23.5. The van der Waals surface area contributed by atoms with Crippen molar-refractivity contribution in [2.45, 2.75) is 57.0 Å². The SMILES string of the molecule is CC1(Nc2cc(Cl)c3n(c2=O)C(C)(CC(F)(F)F)NC3=O)CC(NC(=O)C2CC2)=NC=N1. The van der Waals surface area contributed by atoms with Crippen LogP contribution in [-0.4, -0.2) is 40.4 Å². The highest BCUT2D eigenvalue weighted by atomic mass is 35.5. The maximum atomic E-state index is 13.2. The zero-order valence-corrected chi connectivity index (χ0v) is 17.9. The summed E-state index contributed by atoms with van der Waals surface area (Å²) in [4.78, 5) is 45.8. The molecule has 0 radical (unpaired) electrons. The van der Waals surface area contributed by atoms with Gasteiger partial charge in [0.1, 0.15) is 34.9 Å². The van der Waals surface area contributed by atoms with E-state index in [0.29, 0.717) is 5.84 Å². The van der Waals surface area contributed by atoms with Crippen LogP contribution in [0.25, 0.3) is 0 Å². The summed E-state index contributed by atoms with van der Waals surface area (Å²) in [6, 6.07) is 1.18. The van der Waals surface area contributed by atoms with Gasteiger partial charge in [-0.05, 0) is 32.8 Å². The van der Waals surface area contributed by atoms with Gasteiger partial charge in [-0.25, -0.2) is 9.98 Å². The lowest BCUT2D eigenvalue weighted by Crippen LogP contribution is -2.49. The number of amides is 2. The van der Waals surface area contributed by atoms with Gasteiger partial charge in [0.05, 0.1) is 11.4 Å². The van der Waals surface area contributed by atoms with Crippen LogP contribution in [0.4, 0.5) is 18.9 Å². The molecule has 32 heavy (non-hydrogen) atoms. The van der Waals surface area contributed by atoms with E-state index in [1.54, 1.807) is 6.92 Å². The van der Waals surface area contributed by atoms with E-state index in [-0.39, 0.29) is 34.6 Å². The van der Waals surface area contributed by atoms with Gasteiger partial charge in [0.2, 0.25) is 5.91 Å². The fourth-order valence-electron chi connectivity index (χ4n) is 3.91. The van der Waals surface area contributed by atoms with Gasteiger partial charge < -0.3 is 16.0 Å². The molecule has 1 aliphatic carbocycles. The van der Waals surface area contributed by atoms with Crippen molar-refractivity contribution < 1.29 is 22.8 Å². The molecule has 172 valence electrons. The molecule has 2 amide bonds. The van der Waals surface area contributed by atoms with E-state index in [0.717, 1.165) is 24.3 Å². The van der Waals surface area contributed by atoms with E-state index < -0.39 is 35.4 Å². The molecule has 0 spiro atoms. The number of halogens is 4. The average molecular weight is 473 g/mol. The minimum Gasteiger partial charge on any atom is -0.357 e. The van der Waals surface area contributed by atoms with Crippen LogP contribution in [0.2, 0.25) is 5.02 Å². The molecule has 0 aromatic carbocycles. The first-order chi connectivity index (χ1) is 14.8. The summed E-state index contributed by atoms with van der Waals surface area (Å²) in [5.74, 6) is -0.704. The summed E-state index contributed by atoms with van der Waals surface area (Å²) in [5.41, 5.74) is -4.52. The number of hydrogen-bond acceptors (Lipinski definition) is 6. The summed E-state index contributed by atoms with van der Waals surface area (Å²) in [6.07, 6.45) is -3.14. The standard InChI is InChI=1S/C19H20ClF3N6O3/c1-17(6-12(24-8-25-17)26-14(30)9-3-4-9)27-11-5-10(20)13-15(31)28-18(2,7-19(21,22)23)29(13)16(11)32/h5,8-9,27H,3-4,6-7H2,1-2H3,(H,28,31)(H,24,25,26,30). The Kier molecular flexibility index (Phi) is 5.11. The van der Waals surface area contributed by atoms with E-state index >= 15 is 0 Å². The highest BCUT2D eigenvalue weighted by Gasteiger charge is 2.49. The fraction of sp³-hybridized carbons (Fsp3) is 0.526. The third kappa shape index (κ3) is 4.23. The Morgan fingerprint density at radius 2 is 2.03 bits per heavy atom. The third-order valence-corrected chi connectivity index (χ3v) is 5.77. The Balaban J connectivity index is 1.64. The van der Waals surface area contributed by atoms with Crippen LogP contribution in [0.5, 0.6) is 0 Å². The number of anilines is 1. The van der Waals surface area contributed by atoms with Crippen LogP contribution < -0.4 is 21.5 Å². The van der Waals surface area contributed by atoms with E-state index in [1.165, 1.54) is 12.4 Å². The zero-order valence-electron chi connectivity index (χ0n) is 17.1. The molecule has 2 atom stereocenters. The lowest BCUT2D eigenvalue weighted by molar-refractivity contribution is -0.155. The number of fused-ring (bicyclic) bond motifs is 1. The van der Waals surface area contributed by atoms with Crippen molar-refractivity contribution in [3.05, 3.63) is 27.1 Å². The number of hydrogen-bond donors (Lipinski definition) is 3. The predicted molar refractivity (Wildman–Crippen MR) is 111 cm³/mol. The minimum absolute atomic E-state index is 0.0349. The molecule has 2 aliphatic heterocycles. The largest absolute Gasteiger partial charge is 0.393 e. The highest BCUT2D eigenvalue weighted by molar-refractivity contribution is 6.34. The van der Waals surface area contributed by atoms with Crippen LogP contribution in [0.3, 0.4) is 0 Å². The molecule has 0 bridgehead atoms. The summed E-state index contributed by atoms with van der Waals surface area (Å²) in [7, 11) is 0. The van der Waals surface area contributed by atoms with Crippen LogP contribution in [0, 0.1) is 5.92 Å². The number of amidine groups is 1. The van der Waals surface area contributed by atoms with Gasteiger partial charge in [0, 0.05) is 12.3 Å². The van der Waals surface area contributed by atoms with Crippen molar-refractivity contribution in [2.24, 2.45) is 15.9 Å². The van der Waals surface area contributed by atoms with Crippen LogP contribution in [-0.2, 0) is 10.5 Å². The Morgan fingerprint density at radius 1 is 1.34 bits per heavy atom. The molecular weight excluding hydrogens is 453 g/mol. The van der Waals surface area contributed by atoms with Crippen molar-refractivity contribution >= 4 is 41.3 Å². The van der Waals surface area contributed by atoms with Gasteiger partial charge in [-0.15, -0.1) is 0 Å². The molecule has 13 heteroatoms. The number of nitrogens with zero attached hydrogens (tertiary/aromatic N) is 3. The number of carbonyl (C=O) groups excluding carboxylic acids is 2. The summed E-state index contributed by atoms with van der Waals surface area (Å²) in [5, 5.41) is 7.65. The molecule has 1 fully saturated rings. The molecule has 9 nitrogen and oxygen atoms in total. The van der Waals surface area contributed by atoms with Crippen molar-refractivity contribution in [3.63, 3.8) is 0 Å². The maximum Gasteiger partial charge on any atom is 0.393 e. The summed E-state index contributed by atoms with van der Waals surface area (Å²) in [6.45, 7) is 2.74. The first-order valence-corrected chi connectivity index (χ1v) is 10.2. The van der Waals surface area contributed by atoms with Crippen LogP contribution in [0.1, 0.15) is 50.0 Å². The molecule has 3 heterocycles. The number of nitrogens with one attached hydrogen (secondary N) is 3. The Morgan fingerprint density at radius 3 is 2.66 bits per heavy atom. The molecule has 1 aromatic heterocycles. The van der Waals surface area contributed by atoms with Crippen LogP contribution >= 0.6 is 11.6 Å². The Bertz CT molecular complexity index is 1130. The third-order valence-electron chi connectivity index (χ3n) is 5.48. The molecule has 4 rings (SSSR count). The molecule has 1 saturated carbocycles. The number of carbonyl (C=O) groups is 2. The van der Waals surface area contributed by atoms with Gasteiger partial charge in [0.15, 0.2) is 0 Å². The quantitative estimate of drug-likeness (QED) is 0.623. The topological polar surface area (TPSA) is 117 Å². The van der Waals surface area contributed by atoms with Gasteiger partial charge in [-0.1, -0.05) is 11.6 Å². The fourth-order valence-corrected chi connectivity index (χ4v) is 4.18. The van der Waals surface area contributed by atoms with Gasteiger partial charge in [-0.2, -0.15) is 13.2 Å². The molecule has 2 unspecified atom stereocenters. The second-order valence-corrected chi connectivity index (χ2v) is 8.98. The van der Waals surface area contributed by atoms with Crippen molar-refractivity contribution in [1.82, 2.24) is 15.2 Å². The van der Waals surface area contributed by atoms with Crippen molar-refractivity contribution in [3.8, 4) is 0 Å². The monoisotopic (exact) mass is 472 g/mol. The molecule has 1 aromatic rings. The van der Waals surface area contributed by atoms with E-state index in [9.17, 15) is 27.6 Å². The molecule has 0 saturated heterocycles. The average Bonchev–Trinajstić information content (AvgIpc) is 3.43. The first kappa shape index (κ1) is 22.3. The van der Waals surface area contributed by atoms with E-state index in [2.05, 4.69) is 25.9 Å². The van der Waals surface area contributed by atoms with Crippen LogP contribution in [0.15, 0.2) is 20.8 Å². The van der Waals surface area contributed by atoms with Crippen molar-refractivity contribution in [2.75, 3.05) is 5.32 Å². The maximum absolute atomic E-state index is 13.2. The lowest BCUT2D eigenvalue weighted by Gasteiger charge is -2.32. The number of aliphatic imine (C=N–C) groups is 2. The second-order valence-electron chi connectivity index (χ2n) is 8.57. The first-order valence-electron chi connectivity index (χ1n) is 9.85. The number of rotatable bonds is 4. The number of pyridine rings is 1. The second kappa shape index (κ2) is 7.32. The minimum atomic E-state index is -4.65. The number of aromatic nitrogens is 1. The van der Waals surface area contributed by atoms with Gasteiger partial charge in [-0.3, -0.25) is 19.0 Å². The van der Waals surface area contributed by atoms with Gasteiger partial charge >= 0.3 is 6.18 Å². The predicted octanol–water partition coefficient (Wildman–Crippen LogP) is 2.36. The highest BCUT2D eigenvalue weighted by Crippen LogP contribution is 2.36. The van der Waals surface area contributed by atoms with Gasteiger partial charge in [0.25, 0.3) is 11.5 Å². The Hall–Kier alpha value is -2.89. The smallest absolute Gasteiger partial charge is 0.357 e. The van der Waals surface area contributed by atoms with Crippen molar-refractivity contribution in [1.29, 1.82) is 0 Å². The number of alkyl halides is 3. The Labute approximate surface area is 185 Å². The van der Waals surface area contributed by atoms with E-state index in [4.69, 9.17) is 11.6 Å². The summed E-state index contributed by atoms with van der Waals surface area (Å²) >= 11 is 6.18. The normalized spacial score (nSPS) is 26.9. The van der Waals surface area contributed by atoms with E-state index in [1.807, 2.05) is 0 Å². The lowest BCUT2D eigenvalue weighted by atomic mass is 10.1.